The summed E-state index contributed by atoms with van der Waals surface area (Å²) in [6, 6.07) is 0. The van der Waals surface area contributed by atoms with Gasteiger partial charge in [0.15, 0.2) is 4.33 Å². The molecule has 0 heterocycles. The Labute approximate surface area is 175 Å². The van der Waals surface area contributed by atoms with Crippen LogP contribution in [0.5, 0.6) is 0 Å². The van der Waals surface area contributed by atoms with Gasteiger partial charge in [0.2, 0.25) is 3.79 Å². The van der Waals surface area contributed by atoms with E-state index < -0.39 is 8.13 Å². The van der Waals surface area contributed by atoms with Crippen molar-refractivity contribution in [3.63, 3.8) is 0 Å². The van der Waals surface area contributed by atoms with Crippen LogP contribution in [0.15, 0.2) is 29.7 Å². The molecule has 0 atom stereocenters. The van der Waals surface area contributed by atoms with Crippen LogP contribution >= 0.6 is 139 Å². The maximum absolute atomic E-state index is 5.68. The topological polar surface area (TPSA) is 0 Å². The molecular weight excluding hydrogens is 522 g/mol. The van der Waals surface area contributed by atoms with E-state index in [1.165, 1.54) is 0 Å². The molecule has 1 aliphatic rings. The fraction of sp³-hybridized carbons (Fsp3) is 0.250. The Morgan fingerprint density at radius 2 is 1.05 bits per heavy atom. The van der Waals surface area contributed by atoms with Gasteiger partial charge in [-0.25, -0.2) is 0 Å². The van der Waals surface area contributed by atoms with E-state index in [1.54, 1.807) is 0 Å². The van der Waals surface area contributed by atoms with Crippen LogP contribution in [0.25, 0.3) is 0 Å². The van der Waals surface area contributed by atoms with Crippen LogP contribution in [0.1, 0.15) is 0 Å². The van der Waals surface area contributed by atoms with Crippen LogP contribution in [-0.2, 0) is 0 Å². The van der Waals surface area contributed by atoms with Gasteiger partial charge in [-0.1, -0.05) is 139 Å². The first-order valence-electron chi connectivity index (χ1n) is 4.02. The molecule has 0 spiro atoms. The Morgan fingerprint density at radius 1 is 0.750 bits per heavy atom. The Hall–Kier alpha value is 2.70. The zero-order valence-corrected chi connectivity index (χ0v) is 17.6. The van der Waals surface area contributed by atoms with Crippen molar-refractivity contribution in [2.75, 3.05) is 0 Å². The molecule has 0 saturated carbocycles. The van der Waals surface area contributed by atoms with Crippen LogP contribution < -0.4 is 0 Å². The largest absolute Gasteiger partial charge is 0.228 e. The number of halogens is 12. The fourth-order valence-electron chi connectivity index (χ4n) is 0.672. The number of hydrogen-bond acceptors (Lipinski definition) is 0. The molecular formula is C8Cl12. The summed E-state index contributed by atoms with van der Waals surface area (Å²) in [4.78, 5) is 0. The molecule has 0 aromatic rings. The molecule has 0 aliphatic heterocycles. The summed E-state index contributed by atoms with van der Waals surface area (Å²) in [5.41, 5.74) is 0. The van der Waals surface area contributed by atoms with Crippen LogP contribution in [0, 0.1) is 0 Å². The van der Waals surface area contributed by atoms with E-state index in [2.05, 4.69) is 0 Å². The average molecular weight is 522 g/mol. The molecule has 0 unspecified atom stereocenters. The summed E-state index contributed by atoms with van der Waals surface area (Å²) in [7, 11) is 0. The normalized spacial score (nSPS) is 18.0. The zero-order valence-electron chi connectivity index (χ0n) is 8.54. The Kier molecular flexibility index (Phi) is 9.87. The minimum absolute atomic E-state index is 0.0394. The molecule has 20 heavy (non-hydrogen) atoms. The molecule has 1 rings (SSSR count). The van der Waals surface area contributed by atoms with Gasteiger partial charge >= 0.3 is 0 Å². The lowest BCUT2D eigenvalue weighted by molar-refractivity contribution is 1.24. The van der Waals surface area contributed by atoms with Crippen molar-refractivity contribution >= 4 is 139 Å². The quantitative estimate of drug-likeness (QED) is 0.280. The van der Waals surface area contributed by atoms with Gasteiger partial charge in [0.25, 0.3) is 0 Å². The molecule has 0 aromatic carbocycles. The third kappa shape index (κ3) is 5.96. The summed E-state index contributed by atoms with van der Waals surface area (Å²) >= 11 is 65.2. The van der Waals surface area contributed by atoms with Crippen molar-refractivity contribution in [2.24, 2.45) is 0 Å². The van der Waals surface area contributed by atoms with Gasteiger partial charge in [-0.2, -0.15) is 0 Å². The molecule has 1 aliphatic carbocycles. The minimum Gasteiger partial charge on any atom is -0.0888 e. The molecule has 0 fully saturated rings. The average Bonchev–Trinajstić information content (AvgIpc) is 2.44. The van der Waals surface area contributed by atoms with E-state index in [9.17, 15) is 0 Å². The summed E-state index contributed by atoms with van der Waals surface area (Å²) in [5.74, 6) is 0. The molecule has 0 aromatic heterocycles. The van der Waals surface area contributed by atoms with Crippen LogP contribution in [-0.4, -0.2) is 8.13 Å². The first kappa shape index (κ1) is 22.7. The standard InChI is InChI=1S/C5Cl6.C3Cl6/c6-1-2(7)4(9)5(10,11)3(1)8;4-1(2(5)6)3(7,8)9. The first-order valence-corrected chi connectivity index (χ1v) is 8.55. The predicted octanol–water partition coefficient (Wildman–Crippen LogP) is 8.79. The number of alkyl halides is 5. The van der Waals surface area contributed by atoms with Gasteiger partial charge in [0.1, 0.15) is 4.49 Å². The highest BCUT2D eigenvalue weighted by Gasteiger charge is 2.42. The summed E-state index contributed by atoms with van der Waals surface area (Å²) < 4.78 is -3.44. The highest BCUT2D eigenvalue weighted by molar-refractivity contribution is 6.75. The maximum Gasteiger partial charge on any atom is 0.228 e. The second kappa shape index (κ2) is 8.70. The summed E-state index contributed by atoms with van der Waals surface area (Å²) in [6.45, 7) is 0. The number of hydrogen-bond donors (Lipinski definition) is 0. The predicted molar refractivity (Wildman–Crippen MR) is 96.8 cm³/mol. The molecule has 0 radical (unpaired) electrons. The second-order valence-corrected chi connectivity index (χ2v) is 9.35. The van der Waals surface area contributed by atoms with Gasteiger partial charge in [-0.3, -0.25) is 0 Å². The number of allylic oxidation sites excluding steroid dienone is 5. The third-order valence-corrected chi connectivity index (χ3v) is 6.58. The van der Waals surface area contributed by atoms with Crippen molar-refractivity contribution < 1.29 is 0 Å². The number of rotatable bonds is 0. The van der Waals surface area contributed by atoms with Crippen molar-refractivity contribution in [3.05, 3.63) is 29.7 Å². The molecule has 116 valence electrons. The Bertz CT molecular complexity index is 446. The molecule has 0 amide bonds. The maximum atomic E-state index is 5.68. The van der Waals surface area contributed by atoms with Crippen molar-refractivity contribution in [2.45, 2.75) is 8.13 Å². The molecule has 0 bridgehead atoms. The van der Waals surface area contributed by atoms with Crippen LogP contribution in [0.2, 0.25) is 0 Å². The monoisotopic (exact) mass is 516 g/mol. The smallest absolute Gasteiger partial charge is 0.0888 e. The SMILES string of the molecule is ClC(Cl)=C(Cl)C(Cl)(Cl)Cl.ClC1=C(Cl)C(Cl)(Cl)C(Cl)=C1Cl. The van der Waals surface area contributed by atoms with Gasteiger partial charge in [-0.05, 0) is 0 Å². The van der Waals surface area contributed by atoms with Crippen LogP contribution in [0.4, 0.5) is 0 Å². The molecule has 0 N–H and O–H groups in total. The Balaban J connectivity index is 0.000000370. The van der Waals surface area contributed by atoms with E-state index in [0.717, 1.165) is 0 Å². The first-order chi connectivity index (χ1) is 8.74. The molecule has 0 nitrogen and oxygen atoms in total. The van der Waals surface area contributed by atoms with E-state index >= 15 is 0 Å². The van der Waals surface area contributed by atoms with Gasteiger partial charge in [0.05, 0.1) is 25.2 Å². The van der Waals surface area contributed by atoms with E-state index in [-0.39, 0.29) is 29.7 Å². The van der Waals surface area contributed by atoms with E-state index in [1.807, 2.05) is 0 Å². The summed E-state index contributed by atoms with van der Waals surface area (Å²) in [5, 5.41) is 0.0810. The zero-order chi connectivity index (χ0) is 16.5. The lowest BCUT2D eigenvalue weighted by atomic mass is 10.4. The molecule has 12 heteroatoms. The van der Waals surface area contributed by atoms with Crippen LogP contribution in [0.3, 0.4) is 0 Å². The second-order valence-electron chi connectivity index (χ2n) is 2.90. The van der Waals surface area contributed by atoms with Crippen molar-refractivity contribution in [3.8, 4) is 0 Å². The van der Waals surface area contributed by atoms with Crippen molar-refractivity contribution in [1.29, 1.82) is 0 Å². The molecule has 0 saturated heterocycles. The highest BCUT2D eigenvalue weighted by atomic mass is 35.6. The Morgan fingerprint density at radius 3 is 1.10 bits per heavy atom. The van der Waals surface area contributed by atoms with E-state index in [0.29, 0.717) is 0 Å². The van der Waals surface area contributed by atoms with Gasteiger partial charge < -0.3 is 0 Å². The van der Waals surface area contributed by atoms with Gasteiger partial charge in [0, 0.05) is 0 Å². The highest BCUT2D eigenvalue weighted by Crippen LogP contribution is 2.53. The van der Waals surface area contributed by atoms with Crippen molar-refractivity contribution in [1.82, 2.24) is 0 Å². The minimum atomic E-state index is -1.72. The fourth-order valence-corrected chi connectivity index (χ4v) is 3.10. The van der Waals surface area contributed by atoms with E-state index in [4.69, 9.17) is 139 Å². The lowest BCUT2D eigenvalue weighted by Crippen LogP contribution is -2.09. The third-order valence-electron chi connectivity index (χ3n) is 1.54. The summed E-state index contributed by atoms with van der Waals surface area (Å²) in [6.07, 6.45) is 0. The lowest BCUT2D eigenvalue weighted by Gasteiger charge is -2.11. The van der Waals surface area contributed by atoms with Gasteiger partial charge in [-0.15, -0.1) is 0 Å².